The van der Waals surface area contributed by atoms with Crippen molar-refractivity contribution in [1.82, 2.24) is 34.7 Å². The number of pyridine rings is 1. The molecule has 0 aliphatic rings. The second-order valence-electron chi connectivity index (χ2n) is 7.17. The molecule has 0 aliphatic carbocycles. The summed E-state index contributed by atoms with van der Waals surface area (Å²) in [5.74, 6) is 0.688. The Balaban J connectivity index is 1.59. The molecule has 0 spiro atoms. The number of rotatable bonds is 9. The molecule has 4 rings (SSSR count). The van der Waals surface area contributed by atoms with Gasteiger partial charge in [0.1, 0.15) is 17.9 Å². The summed E-state index contributed by atoms with van der Waals surface area (Å²) in [7, 11) is 1.75. The molecule has 9 nitrogen and oxygen atoms in total. The summed E-state index contributed by atoms with van der Waals surface area (Å²) in [5.41, 5.74) is 3.01. The third kappa shape index (κ3) is 4.63. The Morgan fingerprint density at radius 2 is 1.94 bits per heavy atom. The average Bonchev–Trinajstić information content (AvgIpc) is 3.34. The predicted octanol–water partition coefficient (Wildman–Crippen LogP) is 3.59. The van der Waals surface area contributed by atoms with E-state index in [1.54, 1.807) is 16.3 Å². The average molecular weight is 484 g/mol. The van der Waals surface area contributed by atoms with Crippen molar-refractivity contribution in [2.45, 2.75) is 39.2 Å². The zero-order chi connectivity index (χ0) is 21.8. The first kappa shape index (κ1) is 21.1. The maximum absolute atomic E-state index is 12.1. The molecule has 0 N–H and O–H groups in total. The Labute approximate surface area is 187 Å². The number of tetrazole rings is 1. The van der Waals surface area contributed by atoms with Crippen LogP contribution in [0.25, 0.3) is 17.0 Å². The summed E-state index contributed by atoms with van der Waals surface area (Å²) in [6.45, 7) is 2.27. The van der Waals surface area contributed by atoms with Crippen LogP contribution >= 0.6 is 15.9 Å². The summed E-state index contributed by atoms with van der Waals surface area (Å²) in [5, 5.41) is 11.7. The van der Waals surface area contributed by atoms with Crippen LogP contribution in [0.2, 0.25) is 0 Å². The lowest BCUT2D eigenvalue weighted by molar-refractivity contribution is -0.118. The van der Waals surface area contributed by atoms with Crippen molar-refractivity contribution in [2.75, 3.05) is 0 Å². The molecule has 160 valence electrons. The van der Waals surface area contributed by atoms with E-state index in [1.165, 1.54) is 0 Å². The van der Waals surface area contributed by atoms with Crippen LogP contribution in [0.3, 0.4) is 0 Å². The third-order valence-electron chi connectivity index (χ3n) is 4.80. The van der Waals surface area contributed by atoms with Gasteiger partial charge in [-0.1, -0.05) is 30.6 Å². The molecule has 3 heterocycles. The molecular formula is C21H22BrN7O2. The standard InChI is InChI=1S/C21H22BrN7O2/c1-3-4-9-16(30)12-14-7-5-8-15(23-14)13-31-21-24-19-17(22)10-6-11-18(19)29(21)20-25-26-27-28(20)2/h5-8,10-11H,3-4,9,12-13H2,1-2H3. The van der Waals surface area contributed by atoms with Gasteiger partial charge in [0.05, 0.1) is 11.2 Å². The van der Waals surface area contributed by atoms with E-state index in [2.05, 4.69) is 48.3 Å². The maximum atomic E-state index is 12.1. The minimum Gasteiger partial charge on any atom is -0.458 e. The van der Waals surface area contributed by atoms with Crippen LogP contribution in [0.5, 0.6) is 6.01 Å². The Bertz CT molecular complexity index is 1220. The number of unbranched alkanes of at least 4 members (excludes halogenated alkanes) is 1. The highest BCUT2D eigenvalue weighted by Gasteiger charge is 2.19. The van der Waals surface area contributed by atoms with Gasteiger partial charge in [0.15, 0.2) is 0 Å². The van der Waals surface area contributed by atoms with Crippen molar-refractivity contribution in [1.29, 1.82) is 0 Å². The van der Waals surface area contributed by atoms with Gasteiger partial charge in [0.25, 0.3) is 5.95 Å². The quantitative estimate of drug-likeness (QED) is 0.358. The van der Waals surface area contributed by atoms with E-state index >= 15 is 0 Å². The highest BCUT2D eigenvalue weighted by Crippen LogP contribution is 2.30. The van der Waals surface area contributed by atoms with Gasteiger partial charge in [-0.05, 0) is 57.0 Å². The molecule has 0 atom stereocenters. The number of ketones is 1. The summed E-state index contributed by atoms with van der Waals surface area (Å²) in [6.07, 6.45) is 2.84. The molecule has 0 saturated heterocycles. The number of Topliss-reactive ketones (excluding diaryl/α,β-unsaturated/α-hetero) is 1. The molecule has 0 fully saturated rings. The van der Waals surface area contributed by atoms with E-state index in [4.69, 9.17) is 4.74 Å². The number of hydrogen-bond donors (Lipinski definition) is 0. The van der Waals surface area contributed by atoms with Crippen LogP contribution in [-0.2, 0) is 24.9 Å². The van der Waals surface area contributed by atoms with Crippen molar-refractivity contribution in [3.05, 3.63) is 52.3 Å². The van der Waals surface area contributed by atoms with Crippen LogP contribution in [0.1, 0.15) is 37.6 Å². The fraction of sp³-hybridized carbons (Fsp3) is 0.333. The molecule has 0 aliphatic heterocycles. The Kier molecular flexibility index (Phi) is 6.36. The maximum Gasteiger partial charge on any atom is 0.305 e. The fourth-order valence-corrected chi connectivity index (χ4v) is 3.70. The van der Waals surface area contributed by atoms with E-state index in [-0.39, 0.29) is 12.4 Å². The lowest BCUT2D eigenvalue weighted by Crippen LogP contribution is -2.10. The van der Waals surface area contributed by atoms with E-state index < -0.39 is 0 Å². The van der Waals surface area contributed by atoms with Crippen LogP contribution in [0.4, 0.5) is 0 Å². The number of fused-ring (bicyclic) bond motifs is 1. The zero-order valence-corrected chi connectivity index (χ0v) is 18.9. The van der Waals surface area contributed by atoms with Crippen molar-refractivity contribution in [2.24, 2.45) is 7.05 Å². The van der Waals surface area contributed by atoms with Crippen molar-refractivity contribution >= 4 is 32.7 Å². The van der Waals surface area contributed by atoms with Gasteiger partial charge in [-0.25, -0.2) is 9.25 Å². The number of carbonyl (C=O) groups excluding carboxylic acids is 1. The second kappa shape index (κ2) is 9.34. The highest BCUT2D eigenvalue weighted by atomic mass is 79.9. The molecule has 0 unspecified atom stereocenters. The predicted molar refractivity (Wildman–Crippen MR) is 118 cm³/mol. The number of imidazole rings is 1. The van der Waals surface area contributed by atoms with Crippen molar-refractivity contribution in [3.8, 4) is 12.0 Å². The number of nitrogens with zero attached hydrogens (tertiary/aromatic N) is 7. The number of para-hydroxylation sites is 1. The monoisotopic (exact) mass is 483 g/mol. The summed E-state index contributed by atoms with van der Waals surface area (Å²) < 4.78 is 10.2. The number of aryl methyl sites for hydroxylation is 1. The number of aromatic nitrogens is 7. The van der Waals surface area contributed by atoms with Crippen LogP contribution < -0.4 is 4.74 Å². The van der Waals surface area contributed by atoms with Gasteiger partial charge >= 0.3 is 6.01 Å². The number of carbonyl (C=O) groups is 1. The molecule has 4 aromatic rings. The second-order valence-corrected chi connectivity index (χ2v) is 8.02. The Morgan fingerprint density at radius 1 is 1.13 bits per heavy atom. The first-order valence-corrected chi connectivity index (χ1v) is 10.8. The lowest BCUT2D eigenvalue weighted by Gasteiger charge is -2.09. The topological polar surface area (TPSA) is 101 Å². The van der Waals surface area contributed by atoms with Crippen LogP contribution in [-0.4, -0.2) is 40.5 Å². The fourth-order valence-electron chi connectivity index (χ4n) is 3.26. The minimum absolute atomic E-state index is 0.198. The SMILES string of the molecule is CCCCC(=O)Cc1cccc(COc2nc3c(Br)cccc3n2-c2nnnn2C)n1. The molecule has 3 aromatic heterocycles. The number of hydrogen-bond acceptors (Lipinski definition) is 7. The van der Waals surface area contributed by atoms with Gasteiger partial charge in [0, 0.05) is 30.1 Å². The summed E-state index contributed by atoms with van der Waals surface area (Å²) >= 11 is 3.54. The molecule has 31 heavy (non-hydrogen) atoms. The first-order chi connectivity index (χ1) is 15.1. The summed E-state index contributed by atoms with van der Waals surface area (Å²) in [6, 6.07) is 11.7. The van der Waals surface area contributed by atoms with E-state index in [1.807, 2.05) is 36.4 Å². The Morgan fingerprint density at radius 3 is 2.71 bits per heavy atom. The third-order valence-corrected chi connectivity index (χ3v) is 5.44. The molecule has 0 amide bonds. The molecular weight excluding hydrogens is 462 g/mol. The van der Waals surface area contributed by atoms with Gasteiger partial charge in [-0.15, -0.1) is 0 Å². The number of benzene rings is 1. The largest absolute Gasteiger partial charge is 0.458 e. The number of halogens is 1. The number of ether oxygens (including phenoxy) is 1. The van der Waals surface area contributed by atoms with Crippen LogP contribution in [0, 0.1) is 0 Å². The highest BCUT2D eigenvalue weighted by molar-refractivity contribution is 9.10. The molecule has 0 saturated carbocycles. The molecule has 0 radical (unpaired) electrons. The van der Waals surface area contributed by atoms with E-state index in [0.717, 1.165) is 39.7 Å². The normalized spacial score (nSPS) is 11.2. The van der Waals surface area contributed by atoms with Crippen LogP contribution in [0.15, 0.2) is 40.9 Å². The van der Waals surface area contributed by atoms with E-state index in [0.29, 0.717) is 24.8 Å². The first-order valence-electron chi connectivity index (χ1n) is 10.1. The minimum atomic E-state index is 0.198. The van der Waals surface area contributed by atoms with Crippen molar-refractivity contribution < 1.29 is 9.53 Å². The van der Waals surface area contributed by atoms with Gasteiger partial charge < -0.3 is 4.74 Å². The van der Waals surface area contributed by atoms with Crippen molar-refractivity contribution in [3.63, 3.8) is 0 Å². The molecule has 10 heteroatoms. The Hall–Kier alpha value is -3.14. The lowest BCUT2D eigenvalue weighted by atomic mass is 10.1. The van der Waals surface area contributed by atoms with Gasteiger partial charge in [0.2, 0.25) is 0 Å². The molecule has 1 aromatic carbocycles. The smallest absolute Gasteiger partial charge is 0.305 e. The zero-order valence-electron chi connectivity index (χ0n) is 17.3. The van der Waals surface area contributed by atoms with Gasteiger partial charge in [-0.2, -0.15) is 4.98 Å². The van der Waals surface area contributed by atoms with Gasteiger partial charge in [-0.3, -0.25) is 9.78 Å². The molecule has 0 bridgehead atoms. The summed E-state index contributed by atoms with van der Waals surface area (Å²) in [4.78, 5) is 21.3. The van der Waals surface area contributed by atoms with E-state index in [9.17, 15) is 4.79 Å².